The Kier molecular flexibility index (Phi) is 3.55. The molecule has 0 bridgehead atoms. The van der Waals surface area contributed by atoms with Gasteiger partial charge >= 0.3 is 6.09 Å². The Morgan fingerprint density at radius 1 is 1.57 bits per heavy atom. The summed E-state index contributed by atoms with van der Waals surface area (Å²) in [5, 5.41) is 8.79. The van der Waals surface area contributed by atoms with Crippen LogP contribution in [-0.4, -0.2) is 29.2 Å². The van der Waals surface area contributed by atoms with Crippen LogP contribution in [0.4, 0.5) is 4.79 Å². The molecule has 1 N–H and O–H groups in total. The maximum atomic E-state index is 10.7. The van der Waals surface area contributed by atoms with Gasteiger partial charge in [-0.3, -0.25) is 0 Å². The van der Waals surface area contributed by atoms with Crippen LogP contribution in [0.3, 0.4) is 0 Å². The molecule has 80 valence electrons. The first-order valence-corrected chi connectivity index (χ1v) is 5.16. The third kappa shape index (κ3) is 2.76. The van der Waals surface area contributed by atoms with Crippen molar-refractivity contribution >= 4 is 6.09 Å². The van der Waals surface area contributed by atoms with Crippen molar-refractivity contribution in [2.75, 3.05) is 13.1 Å². The van der Waals surface area contributed by atoms with Crippen LogP contribution in [0.1, 0.15) is 32.6 Å². The molecule has 1 amide bonds. The molecule has 1 heterocycles. The van der Waals surface area contributed by atoms with E-state index in [0.29, 0.717) is 18.5 Å². The van der Waals surface area contributed by atoms with Crippen LogP contribution in [0.2, 0.25) is 0 Å². The fourth-order valence-corrected chi connectivity index (χ4v) is 1.94. The van der Waals surface area contributed by atoms with E-state index in [-0.39, 0.29) is 0 Å². The molecule has 0 atom stereocenters. The topological polar surface area (TPSA) is 40.5 Å². The molecule has 0 spiro atoms. The standard InChI is InChI=1S/C11H19NO2/c1-3-4-5-11(2)6-8-12(9-7-11)10(13)14/h3H,1,4-9H2,2H3,(H,13,14). The summed E-state index contributed by atoms with van der Waals surface area (Å²) in [4.78, 5) is 12.2. The van der Waals surface area contributed by atoms with E-state index in [2.05, 4.69) is 13.5 Å². The van der Waals surface area contributed by atoms with E-state index < -0.39 is 6.09 Å². The first-order chi connectivity index (χ1) is 6.57. The van der Waals surface area contributed by atoms with Gasteiger partial charge in [0.05, 0.1) is 0 Å². The number of nitrogens with zero attached hydrogens (tertiary/aromatic N) is 1. The number of carboxylic acid groups (broad SMARTS) is 1. The van der Waals surface area contributed by atoms with E-state index in [0.717, 1.165) is 25.7 Å². The number of allylic oxidation sites excluding steroid dienone is 1. The summed E-state index contributed by atoms with van der Waals surface area (Å²) in [5.41, 5.74) is 0.320. The molecule has 0 radical (unpaired) electrons. The van der Waals surface area contributed by atoms with Crippen molar-refractivity contribution in [2.45, 2.75) is 32.6 Å². The number of hydrogen-bond acceptors (Lipinski definition) is 1. The minimum atomic E-state index is -0.782. The smallest absolute Gasteiger partial charge is 0.407 e. The Morgan fingerprint density at radius 2 is 2.14 bits per heavy atom. The maximum absolute atomic E-state index is 10.7. The Morgan fingerprint density at radius 3 is 2.57 bits per heavy atom. The zero-order valence-corrected chi connectivity index (χ0v) is 8.83. The summed E-state index contributed by atoms with van der Waals surface area (Å²) in [6.07, 6.45) is 5.28. The molecule has 1 fully saturated rings. The van der Waals surface area contributed by atoms with Gasteiger partial charge in [0, 0.05) is 13.1 Å². The van der Waals surface area contributed by atoms with Crippen LogP contribution in [0, 0.1) is 5.41 Å². The summed E-state index contributed by atoms with van der Waals surface area (Å²) in [5.74, 6) is 0. The molecule has 0 aromatic carbocycles. The third-order valence-electron chi connectivity index (χ3n) is 3.19. The van der Waals surface area contributed by atoms with Crippen LogP contribution in [0.25, 0.3) is 0 Å². The first kappa shape index (κ1) is 11.1. The second-order valence-electron chi connectivity index (χ2n) is 4.41. The van der Waals surface area contributed by atoms with E-state index in [1.807, 2.05) is 6.08 Å². The molecule has 1 rings (SSSR count). The van der Waals surface area contributed by atoms with Crippen molar-refractivity contribution < 1.29 is 9.90 Å². The fraction of sp³-hybridized carbons (Fsp3) is 0.727. The molecule has 0 aliphatic carbocycles. The molecule has 0 saturated carbocycles. The Labute approximate surface area is 85.4 Å². The zero-order valence-electron chi connectivity index (χ0n) is 8.83. The van der Waals surface area contributed by atoms with Crippen molar-refractivity contribution in [2.24, 2.45) is 5.41 Å². The Balaban J connectivity index is 2.40. The van der Waals surface area contributed by atoms with Gasteiger partial charge in [-0.15, -0.1) is 6.58 Å². The number of likely N-dealkylation sites (tertiary alicyclic amines) is 1. The Hall–Kier alpha value is -0.990. The van der Waals surface area contributed by atoms with Gasteiger partial charge in [0.25, 0.3) is 0 Å². The first-order valence-electron chi connectivity index (χ1n) is 5.16. The van der Waals surface area contributed by atoms with Gasteiger partial charge in [0.15, 0.2) is 0 Å². The number of amides is 1. The number of piperidine rings is 1. The lowest BCUT2D eigenvalue weighted by Gasteiger charge is -2.38. The summed E-state index contributed by atoms with van der Waals surface area (Å²) in [6.45, 7) is 7.33. The highest BCUT2D eigenvalue weighted by Crippen LogP contribution is 2.35. The SMILES string of the molecule is C=CCCC1(C)CCN(C(=O)O)CC1. The van der Waals surface area contributed by atoms with Gasteiger partial charge in [0.2, 0.25) is 0 Å². The highest BCUT2D eigenvalue weighted by Gasteiger charge is 2.30. The van der Waals surface area contributed by atoms with E-state index in [1.54, 1.807) is 0 Å². The Bertz CT molecular complexity index is 217. The highest BCUT2D eigenvalue weighted by atomic mass is 16.4. The largest absolute Gasteiger partial charge is 0.465 e. The lowest BCUT2D eigenvalue weighted by molar-refractivity contribution is 0.0938. The van der Waals surface area contributed by atoms with Gasteiger partial charge in [-0.25, -0.2) is 4.79 Å². The van der Waals surface area contributed by atoms with Gasteiger partial charge in [-0.05, 0) is 31.1 Å². The van der Waals surface area contributed by atoms with E-state index in [1.165, 1.54) is 4.90 Å². The van der Waals surface area contributed by atoms with Crippen LogP contribution in [0.5, 0.6) is 0 Å². The minimum Gasteiger partial charge on any atom is -0.465 e. The van der Waals surface area contributed by atoms with Crippen molar-refractivity contribution in [3.05, 3.63) is 12.7 Å². The summed E-state index contributed by atoms with van der Waals surface area (Å²) in [6, 6.07) is 0. The second-order valence-corrected chi connectivity index (χ2v) is 4.41. The molecule has 1 aliphatic rings. The highest BCUT2D eigenvalue weighted by molar-refractivity contribution is 5.65. The van der Waals surface area contributed by atoms with Gasteiger partial charge in [-0.2, -0.15) is 0 Å². The molecular formula is C11H19NO2. The quantitative estimate of drug-likeness (QED) is 0.707. The molecule has 1 aliphatic heterocycles. The fourth-order valence-electron chi connectivity index (χ4n) is 1.94. The molecule has 3 nitrogen and oxygen atoms in total. The molecule has 14 heavy (non-hydrogen) atoms. The van der Waals surface area contributed by atoms with E-state index in [9.17, 15) is 4.79 Å². The second kappa shape index (κ2) is 4.49. The minimum absolute atomic E-state index is 0.320. The number of carbonyl (C=O) groups is 1. The van der Waals surface area contributed by atoms with Crippen LogP contribution < -0.4 is 0 Å². The van der Waals surface area contributed by atoms with Gasteiger partial charge in [0.1, 0.15) is 0 Å². The summed E-state index contributed by atoms with van der Waals surface area (Å²) >= 11 is 0. The maximum Gasteiger partial charge on any atom is 0.407 e. The van der Waals surface area contributed by atoms with Crippen molar-refractivity contribution in [1.82, 2.24) is 4.90 Å². The molecule has 3 heteroatoms. The van der Waals surface area contributed by atoms with Crippen LogP contribution in [-0.2, 0) is 0 Å². The molecule has 0 aromatic rings. The zero-order chi connectivity index (χ0) is 10.6. The number of rotatable bonds is 3. The van der Waals surface area contributed by atoms with Gasteiger partial charge < -0.3 is 10.0 Å². The average Bonchev–Trinajstić information content (AvgIpc) is 2.16. The van der Waals surface area contributed by atoms with Crippen molar-refractivity contribution in [1.29, 1.82) is 0 Å². The van der Waals surface area contributed by atoms with Gasteiger partial charge in [-0.1, -0.05) is 13.0 Å². The average molecular weight is 197 g/mol. The lowest BCUT2D eigenvalue weighted by atomic mass is 9.77. The molecule has 0 aromatic heterocycles. The normalized spacial score (nSPS) is 20.5. The van der Waals surface area contributed by atoms with E-state index in [4.69, 9.17) is 5.11 Å². The third-order valence-corrected chi connectivity index (χ3v) is 3.19. The summed E-state index contributed by atoms with van der Waals surface area (Å²) in [7, 11) is 0. The lowest BCUT2D eigenvalue weighted by Crippen LogP contribution is -2.41. The van der Waals surface area contributed by atoms with Crippen molar-refractivity contribution in [3.63, 3.8) is 0 Å². The monoisotopic (exact) mass is 197 g/mol. The van der Waals surface area contributed by atoms with Crippen LogP contribution >= 0.6 is 0 Å². The molecule has 1 saturated heterocycles. The number of hydrogen-bond donors (Lipinski definition) is 1. The molecular weight excluding hydrogens is 178 g/mol. The summed E-state index contributed by atoms with van der Waals surface area (Å²) < 4.78 is 0. The predicted octanol–water partition coefficient (Wildman–Crippen LogP) is 2.73. The predicted molar refractivity (Wildman–Crippen MR) is 56.4 cm³/mol. The van der Waals surface area contributed by atoms with Crippen LogP contribution in [0.15, 0.2) is 12.7 Å². The van der Waals surface area contributed by atoms with Crippen molar-refractivity contribution in [3.8, 4) is 0 Å². The van der Waals surface area contributed by atoms with E-state index >= 15 is 0 Å². The molecule has 0 unspecified atom stereocenters.